The average Bonchev–Trinajstić information content (AvgIpc) is 3.14. The molecule has 0 aliphatic carbocycles. The van der Waals surface area contributed by atoms with Gasteiger partial charge in [-0.1, -0.05) is 75.2 Å². The Hall–Kier alpha value is -3.58. The molecule has 2 aromatic carbocycles. The molecule has 0 aliphatic rings. The lowest BCUT2D eigenvalue weighted by Crippen LogP contribution is -2.16. The number of anilines is 1. The smallest absolute Gasteiger partial charge is 0.342 e. The van der Waals surface area contributed by atoms with E-state index in [1.807, 2.05) is 74.5 Å². The maximum Gasteiger partial charge on any atom is 0.342 e. The quantitative estimate of drug-likeness (QED) is 0.134. The van der Waals surface area contributed by atoms with E-state index in [1.54, 1.807) is 0 Å². The number of aromatic nitrogens is 1. The highest BCUT2D eigenvalue weighted by atomic mass is 17.1. The molecule has 180 valence electrons. The number of benzene rings is 2. The van der Waals surface area contributed by atoms with Crippen LogP contribution in [-0.2, 0) is 16.1 Å². The molecule has 3 rings (SSSR count). The Morgan fingerprint density at radius 2 is 1.56 bits per heavy atom. The van der Waals surface area contributed by atoms with Crippen LogP contribution in [0, 0.1) is 0 Å². The molecule has 0 spiro atoms. The van der Waals surface area contributed by atoms with Crippen molar-refractivity contribution in [1.82, 2.24) is 4.73 Å². The van der Waals surface area contributed by atoms with Crippen molar-refractivity contribution >= 4 is 17.6 Å². The van der Waals surface area contributed by atoms with E-state index in [9.17, 15) is 14.8 Å². The van der Waals surface area contributed by atoms with Crippen molar-refractivity contribution in [3.63, 3.8) is 0 Å². The van der Waals surface area contributed by atoms with Crippen LogP contribution >= 0.6 is 0 Å². The molecule has 0 saturated heterocycles. The minimum Gasteiger partial charge on any atom is -0.428 e. The summed E-state index contributed by atoms with van der Waals surface area (Å²) in [6.45, 7) is 3.92. The standard InChI is InChI=1S/C27H32N2O5/c1-19(2)26-25(27(31)28-21-15-9-6-10-16-21)24(20-13-7-5-8-14-20)22(29(26)32)17-11-3-4-12-18-23(30)34-33/h5-10,13-16,19,32-33H,3-4,11-12,17-18H2,1-2H3,(H,28,31). The van der Waals surface area contributed by atoms with Gasteiger partial charge in [0.05, 0.1) is 17.0 Å². The Morgan fingerprint density at radius 1 is 0.941 bits per heavy atom. The third-order valence-electron chi connectivity index (χ3n) is 5.79. The topological polar surface area (TPSA) is 101 Å². The molecule has 34 heavy (non-hydrogen) atoms. The van der Waals surface area contributed by atoms with Gasteiger partial charge < -0.3 is 15.4 Å². The monoisotopic (exact) mass is 464 g/mol. The van der Waals surface area contributed by atoms with Crippen molar-refractivity contribution in [2.75, 3.05) is 5.32 Å². The SMILES string of the molecule is CC(C)c1c(C(=O)Nc2ccccc2)c(-c2ccccc2)c(CCCCCCC(=O)OO)n1O. The summed E-state index contributed by atoms with van der Waals surface area (Å²) < 4.78 is 1.19. The van der Waals surface area contributed by atoms with Crippen molar-refractivity contribution in [2.24, 2.45) is 0 Å². The van der Waals surface area contributed by atoms with Crippen LogP contribution in [0.5, 0.6) is 0 Å². The van der Waals surface area contributed by atoms with E-state index in [-0.39, 0.29) is 18.2 Å². The van der Waals surface area contributed by atoms with Crippen LogP contribution in [-0.4, -0.2) is 27.1 Å². The predicted molar refractivity (Wildman–Crippen MR) is 131 cm³/mol. The van der Waals surface area contributed by atoms with Crippen LogP contribution in [0.4, 0.5) is 5.69 Å². The normalized spacial score (nSPS) is 10.9. The third kappa shape index (κ3) is 6.05. The van der Waals surface area contributed by atoms with Crippen molar-refractivity contribution in [1.29, 1.82) is 0 Å². The Kier molecular flexibility index (Phi) is 8.87. The molecule has 1 heterocycles. The third-order valence-corrected chi connectivity index (χ3v) is 5.79. The van der Waals surface area contributed by atoms with Crippen LogP contribution in [0.3, 0.4) is 0 Å². The lowest BCUT2D eigenvalue weighted by molar-refractivity contribution is -0.234. The zero-order valence-corrected chi connectivity index (χ0v) is 19.7. The first-order valence-electron chi connectivity index (χ1n) is 11.7. The van der Waals surface area contributed by atoms with E-state index in [0.29, 0.717) is 35.5 Å². The molecular weight excluding hydrogens is 432 g/mol. The molecule has 3 aromatic rings. The van der Waals surface area contributed by atoms with Crippen LogP contribution in [0.15, 0.2) is 60.7 Å². The van der Waals surface area contributed by atoms with Gasteiger partial charge in [0.1, 0.15) is 0 Å². The van der Waals surface area contributed by atoms with E-state index in [2.05, 4.69) is 10.2 Å². The predicted octanol–water partition coefficient (Wildman–Crippen LogP) is 6.28. The van der Waals surface area contributed by atoms with Gasteiger partial charge in [-0.25, -0.2) is 4.79 Å². The Labute approximate surface area is 199 Å². The molecule has 0 fully saturated rings. The highest BCUT2D eigenvalue weighted by Gasteiger charge is 2.29. The molecule has 0 atom stereocenters. The van der Waals surface area contributed by atoms with Crippen molar-refractivity contribution in [3.8, 4) is 11.1 Å². The molecule has 0 radical (unpaired) electrons. The van der Waals surface area contributed by atoms with Gasteiger partial charge in [-0.2, -0.15) is 9.99 Å². The van der Waals surface area contributed by atoms with E-state index in [1.165, 1.54) is 4.73 Å². The number of carbonyl (C=O) groups excluding carboxylic acids is 2. The van der Waals surface area contributed by atoms with E-state index >= 15 is 0 Å². The van der Waals surface area contributed by atoms with Gasteiger partial charge in [0.25, 0.3) is 5.91 Å². The maximum absolute atomic E-state index is 13.5. The fourth-order valence-electron chi connectivity index (χ4n) is 4.22. The van der Waals surface area contributed by atoms with Gasteiger partial charge in [0, 0.05) is 17.7 Å². The number of carbonyl (C=O) groups is 2. The second-order valence-electron chi connectivity index (χ2n) is 8.61. The second-order valence-corrected chi connectivity index (χ2v) is 8.61. The highest BCUT2D eigenvalue weighted by molar-refractivity contribution is 6.10. The molecule has 7 heteroatoms. The number of amides is 1. The van der Waals surface area contributed by atoms with Crippen molar-refractivity contribution in [2.45, 2.75) is 58.3 Å². The summed E-state index contributed by atoms with van der Waals surface area (Å²) in [7, 11) is 0. The zero-order valence-electron chi connectivity index (χ0n) is 19.7. The first kappa shape index (κ1) is 25.1. The Bertz CT molecular complexity index is 1090. The molecule has 0 unspecified atom stereocenters. The van der Waals surface area contributed by atoms with Gasteiger partial charge in [0.15, 0.2) is 0 Å². The van der Waals surface area contributed by atoms with E-state index < -0.39 is 5.97 Å². The minimum atomic E-state index is -0.633. The Balaban J connectivity index is 1.92. The fraction of sp³-hybridized carbons (Fsp3) is 0.333. The number of nitrogens with zero attached hydrogens (tertiary/aromatic N) is 1. The van der Waals surface area contributed by atoms with Gasteiger partial charge in [-0.3, -0.25) is 4.79 Å². The van der Waals surface area contributed by atoms with E-state index in [0.717, 1.165) is 30.4 Å². The van der Waals surface area contributed by atoms with Crippen molar-refractivity contribution in [3.05, 3.63) is 77.6 Å². The van der Waals surface area contributed by atoms with Crippen LogP contribution in [0.1, 0.15) is 73.6 Å². The van der Waals surface area contributed by atoms with Gasteiger partial charge in [-0.15, -0.1) is 0 Å². The lowest BCUT2D eigenvalue weighted by Gasteiger charge is -2.12. The van der Waals surface area contributed by atoms with E-state index in [4.69, 9.17) is 5.26 Å². The summed E-state index contributed by atoms with van der Waals surface area (Å²) in [6.07, 6.45) is 3.76. The Morgan fingerprint density at radius 3 is 2.18 bits per heavy atom. The minimum absolute atomic E-state index is 0.0813. The number of hydrogen-bond acceptors (Lipinski definition) is 5. The van der Waals surface area contributed by atoms with Crippen LogP contribution in [0.25, 0.3) is 11.1 Å². The largest absolute Gasteiger partial charge is 0.428 e. The molecule has 7 nitrogen and oxygen atoms in total. The van der Waals surface area contributed by atoms with Gasteiger partial charge in [-0.05, 0) is 42.9 Å². The lowest BCUT2D eigenvalue weighted by atomic mass is 9.95. The molecule has 0 bridgehead atoms. The van der Waals surface area contributed by atoms with Crippen LogP contribution in [0.2, 0.25) is 0 Å². The number of hydrogen-bond donors (Lipinski definition) is 3. The van der Waals surface area contributed by atoms with Crippen molar-refractivity contribution < 1.29 is 24.9 Å². The molecule has 0 saturated carbocycles. The number of rotatable bonds is 11. The summed E-state index contributed by atoms with van der Waals surface area (Å²) in [4.78, 5) is 28.3. The highest BCUT2D eigenvalue weighted by Crippen LogP contribution is 2.37. The number of para-hydroxylation sites is 1. The zero-order chi connectivity index (χ0) is 24.5. The summed E-state index contributed by atoms with van der Waals surface area (Å²) in [5.74, 6) is -0.973. The van der Waals surface area contributed by atoms with Gasteiger partial charge in [0.2, 0.25) is 0 Å². The number of nitrogens with one attached hydrogen (secondary N) is 1. The summed E-state index contributed by atoms with van der Waals surface area (Å²) >= 11 is 0. The maximum atomic E-state index is 13.5. The first-order chi connectivity index (χ1) is 16.4. The molecule has 3 N–H and O–H groups in total. The fourth-order valence-corrected chi connectivity index (χ4v) is 4.22. The average molecular weight is 465 g/mol. The van der Waals surface area contributed by atoms with Crippen LogP contribution < -0.4 is 5.32 Å². The summed E-state index contributed by atoms with van der Waals surface area (Å²) in [6, 6.07) is 18.9. The number of unbranched alkanes of at least 4 members (excludes halogenated alkanes) is 3. The molecule has 0 aliphatic heterocycles. The molecule has 1 amide bonds. The molecule has 1 aromatic heterocycles. The molecular formula is C27H32N2O5. The second kappa shape index (κ2) is 12.0. The first-order valence-corrected chi connectivity index (χ1v) is 11.7. The summed E-state index contributed by atoms with van der Waals surface area (Å²) in [5, 5.41) is 22.5. The van der Waals surface area contributed by atoms with Gasteiger partial charge >= 0.3 is 5.97 Å². The summed E-state index contributed by atoms with van der Waals surface area (Å²) in [5.41, 5.74) is 4.05.